The Morgan fingerprint density at radius 1 is 1.39 bits per heavy atom. The van der Waals surface area contributed by atoms with Gasteiger partial charge in [-0.1, -0.05) is 6.07 Å². The molecule has 2 fully saturated rings. The first-order chi connectivity index (χ1) is 8.86. The molecule has 0 radical (unpaired) electrons. The average Bonchev–Trinajstić information content (AvgIpc) is 3.09. The van der Waals surface area contributed by atoms with E-state index in [0.29, 0.717) is 12.1 Å². The second-order valence-corrected chi connectivity index (χ2v) is 5.61. The molecule has 0 amide bonds. The number of nitrogens with zero attached hydrogens (tertiary/aromatic N) is 2. The van der Waals surface area contributed by atoms with Gasteiger partial charge in [0.25, 0.3) is 0 Å². The van der Waals surface area contributed by atoms with Gasteiger partial charge in [-0.05, 0) is 57.3 Å². The highest BCUT2D eigenvalue weighted by Gasteiger charge is 2.35. The van der Waals surface area contributed by atoms with Crippen molar-refractivity contribution in [3.05, 3.63) is 30.1 Å². The minimum absolute atomic E-state index is 0.494. The fourth-order valence-electron chi connectivity index (χ4n) is 3.58. The molecule has 98 valence electrons. The van der Waals surface area contributed by atoms with E-state index in [4.69, 9.17) is 0 Å². The lowest BCUT2D eigenvalue weighted by Gasteiger charge is -2.34. The first-order valence-corrected chi connectivity index (χ1v) is 7.25. The molecule has 2 aliphatic rings. The second kappa shape index (κ2) is 5.37. The van der Waals surface area contributed by atoms with Crippen molar-refractivity contribution < 1.29 is 0 Å². The van der Waals surface area contributed by atoms with Gasteiger partial charge in [0, 0.05) is 30.5 Å². The van der Waals surface area contributed by atoms with Gasteiger partial charge in [-0.3, -0.25) is 9.88 Å². The Morgan fingerprint density at radius 2 is 2.33 bits per heavy atom. The lowest BCUT2D eigenvalue weighted by atomic mass is 10.0. The van der Waals surface area contributed by atoms with E-state index in [2.05, 4.69) is 28.2 Å². The predicted molar refractivity (Wildman–Crippen MR) is 73.4 cm³/mol. The molecule has 0 bridgehead atoms. The molecule has 0 aliphatic carbocycles. The van der Waals surface area contributed by atoms with Gasteiger partial charge in [0.05, 0.1) is 0 Å². The van der Waals surface area contributed by atoms with Crippen LogP contribution >= 0.6 is 0 Å². The molecule has 0 spiro atoms. The fourth-order valence-corrected chi connectivity index (χ4v) is 3.58. The van der Waals surface area contributed by atoms with Gasteiger partial charge in [-0.15, -0.1) is 0 Å². The Balaban J connectivity index is 1.74. The summed E-state index contributed by atoms with van der Waals surface area (Å²) in [4.78, 5) is 6.94. The maximum absolute atomic E-state index is 4.26. The third kappa shape index (κ3) is 2.29. The SMILES string of the molecule is CC(c1cccnc1)N1CCCC1C1CCCN1. The highest BCUT2D eigenvalue weighted by Crippen LogP contribution is 2.32. The van der Waals surface area contributed by atoms with Gasteiger partial charge in [0.1, 0.15) is 0 Å². The zero-order valence-corrected chi connectivity index (χ0v) is 11.2. The summed E-state index contributed by atoms with van der Waals surface area (Å²) < 4.78 is 0. The summed E-state index contributed by atoms with van der Waals surface area (Å²) in [6.07, 6.45) is 9.26. The molecule has 3 heterocycles. The molecule has 1 N–H and O–H groups in total. The van der Waals surface area contributed by atoms with E-state index in [1.165, 1.54) is 44.3 Å². The molecule has 1 aromatic rings. The van der Waals surface area contributed by atoms with Crippen LogP contribution < -0.4 is 5.32 Å². The molecule has 18 heavy (non-hydrogen) atoms. The van der Waals surface area contributed by atoms with E-state index in [1.54, 1.807) is 0 Å². The Kier molecular flexibility index (Phi) is 3.62. The number of aromatic nitrogens is 1. The van der Waals surface area contributed by atoms with E-state index in [1.807, 2.05) is 18.5 Å². The van der Waals surface area contributed by atoms with Crippen molar-refractivity contribution in [3.8, 4) is 0 Å². The van der Waals surface area contributed by atoms with E-state index < -0.39 is 0 Å². The lowest BCUT2D eigenvalue weighted by molar-refractivity contribution is 0.163. The summed E-state index contributed by atoms with van der Waals surface area (Å²) in [7, 11) is 0. The van der Waals surface area contributed by atoms with Gasteiger partial charge in [0.15, 0.2) is 0 Å². The van der Waals surface area contributed by atoms with Crippen molar-refractivity contribution in [2.75, 3.05) is 13.1 Å². The molecule has 0 aromatic carbocycles. The quantitative estimate of drug-likeness (QED) is 0.886. The van der Waals surface area contributed by atoms with E-state index in [-0.39, 0.29) is 0 Å². The van der Waals surface area contributed by atoms with Crippen molar-refractivity contribution in [1.29, 1.82) is 0 Å². The highest BCUT2D eigenvalue weighted by molar-refractivity contribution is 5.14. The third-order valence-corrected chi connectivity index (χ3v) is 4.57. The van der Waals surface area contributed by atoms with Crippen LogP contribution in [0, 0.1) is 0 Å². The third-order valence-electron chi connectivity index (χ3n) is 4.57. The lowest BCUT2D eigenvalue weighted by Crippen LogP contribution is -2.44. The Labute approximate surface area is 110 Å². The van der Waals surface area contributed by atoms with Gasteiger partial charge in [-0.25, -0.2) is 0 Å². The summed E-state index contributed by atoms with van der Waals surface area (Å²) in [6.45, 7) is 4.76. The number of hydrogen-bond acceptors (Lipinski definition) is 3. The molecular weight excluding hydrogens is 222 g/mol. The van der Waals surface area contributed by atoms with Crippen LogP contribution in [0.5, 0.6) is 0 Å². The molecule has 3 unspecified atom stereocenters. The predicted octanol–water partition coefficient (Wildman–Crippen LogP) is 2.36. The van der Waals surface area contributed by atoms with Crippen LogP contribution in [-0.2, 0) is 0 Å². The van der Waals surface area contributed by atoms with Crippen LogP contribution in [0.1, 0.15) is 44.2 Å². The number of pyridine rings is 1. The highest BCUT2D eigenvalue weighted by atomic mass is 15.2. The minimum Gasteiger partial charge on any atom is -0.312 e. The second-order valence-electron chi connectivity index (χ2n) is 5.61. The van der Waals surface area contributed by atoms with Crippen LogP contribution in [0.4, 0.5) is 0 Å². The zero-order valence-electron chi connectivity index (χ0n) is 11.2. The summed E-state index contributed by atoms with van der Waals surface area (Å²) in [6, 6.07) is 6.18. The Hall–Kier alpha value is -0.930. The summed E-state index contributed by atoms with van der Waals surface area (Å²) >= 11 is 0. The fraction of sp³-hybridized carbons (Fsp3) is 0.667. The van der Waals surface area contributed by atoms with Crippen molar-refractivity contribution >= 4 is 0 Å². The summed E-state index contributed by atoms with van der Waals surface area (Å²) in [5.74, 6) is 0. The molecule has 3 atom stereocenters. The number of nitrogens with one attached hydrogen (secondary N) is 1. The monoisotopic (exact) mass is 245 g/mol. The first kappa shape index (κ1) is 12.1. The molecule has 0 saturated carbocycles. The van der Waals surface area contributed by atoms with Crippen molar-refractivity contribution in [1.82, 2.24) is 15.2 Å². The van der Waals surface area contributed by atoms with Crippen LogP contribution in [0.25, 0.3) is 0 Å². The summed E-state index contributed by atoms with van der Waals surface area (Å²) in [5, 5.41) is 3.68. The smallest absolute Gasteiger partial charge is 0.0338 e. The molecule has 2 saturated heterocycles. The molecule has 2 aliphatic heterocycles. The molecule has 3 nitrogen and oxygen atoms in total. The first-order valence-electron chi connectivity index (χ1n) is 7.25. The van der Waals surface area contributed by atoms with Gasteiger partial charge in [0.2, 0.25) is 0 Å². The van der Waals surface area contributed by atoms with Crippen LogP contribution in [0.3, 0.4) is 0 Å². The molecular formula is C15H23N3. The van der Waals surface area contributed by atoms with E-state index in [0.717, 1.165) is 6.04 Å². The average molecular weight is 245 g/mol. The molecule has 3 rings (SSSR count). The van der Waals surface area contributed by atoms with E-state index >= 15 is 0 Å². The Morgan fingerprint density at radius 3 is 3.06 bits per heavy atom. The normalized spacial score (nSPS) is 30.7. The topological polar surface area (TPSA) is 28.2 Å². The van der Waals surface area contributed by atoms with Gasteiger partial charge in [-0.2, -0.15) is 0 Å². The van der Waals surface area contributed by atoms with Crippen molar-refractivity contribution in [2.45, 2.75) is 50.7 Å². The maximum Gasteiger partial charge on any atom is 0.0338 e. The number of hydrogen-bond donors (Lipinski definition) is 1. The van der Waals surface area contributed by atoms with Crippen LogP contribution in [0.2, 0.25) is 0 Å². The number of likely N-dealkylation sites (tertiary alicyclic amines) is 1. The standard InChI is InChI=1S/C15H23N3/c1-12(13-5-2-8-16-11-13)18-10-4-7-15(18)14-6-3-9-17-14/h2,5,8,11-12,14-15,17H,3-4,6-7,9-10H2,1H3. The van der Waals surface area contributed by atoms with Gasteiger partial charge >= 0.3 is 0 Å². The minimum atomic E-state index is 0.494. The van der Waals surface area contributed by atoms with Crippen LogP contribution in [-0.4, -0.2) is 35.1 Å². The van der Waals surface area contributed by atoms with Crippen molar-refractivity contribution in [3.63, 3.8) is 0 Å². The largest absolute Gasteiger partial charge is 0.312 e. The van der Waals surface area contributed by atoms with E-state index in [9.17, 15) is 0 Å². The van der Waals surface area contributed by atoms with Crippen molar-refractivity contribution in [2.24, 2.45) is 0 Å². The van der Waals surface area contributed by atoms with Crippen LogP contribution in [0.15, 0.2) is 24.5 Å². The number of rotatable bonds is 3. The summed E-state index contributed by atoms with van der Waals surface area (Å²) in [5.41, 5.74) is 1.35. The van der Waals surface area contributed by atoms with Gasteiger partial charge < -0.3 is 5.32 Å². The Bertz CT molecular complexity index is 373. The molecule has 1 aromatic heterocycles. The zero-order chi connectivity index (χ0) is 12.4. The maximum atomic E-state index is 4.26. The molecule has 3 heteroatoms.